The number of amides is 1. The number of hydrogen-bond acceptors (Lipinski definition) is 7. The van der Waals surface area contributed by atoms with E-state index in [2.05, 4.69) is 32.2 Å². The Morgan fingerprint density at radius 2 is 2.16 bits per heavy atom. The minimum absolute atomic E-state index is 0.201. The van der Waals surface area contributed by atoms with Crippen LogP contribution in [0, 0.1) is 11.3 Å². The van der Waals surface area contributed by atoms with E-state index in [-0.39, 0.29) is 11.3 Å². The van der Waals surface area contributed by atoms with Gasteiger partial charge >= 0.3 is 0 Å². The topological polar surface area (TPSA) is 84.8 Å². The van der Waals surface area contributed by atoms with Crippen molar-refractivity contribution in [2.45, 2.75) is 58.2 Å². The molecule has 3 heterocycles. The maximum absolute atomic E-state index is 13.7. The summed E-state index contributed by atoms with van der Waals surface area (Å²) < 4.78 is 12.7. The first-order chi connectivity index (χ1) is 15.7. The first kappa shape index (κ1) is 23.6. The number of hydrogen-bond donors (Lipinski definition) is 1. The predicted octanol–water partition coefficient (Wildman–Crippen LogP) is 1.14. The highest BCUT2D eigenvalue weighted by atomic mass is 16.5. The SMILES string of the molecule is CCN1CC[C@@H]2C[C@@H](N3CCOCC3)CC[C@@]2(C(=O)NCc2nncn2CCCOC)C1. The lowest BCUT2D eigenvalue weighted by molar-refractivity contribution is -0.145. The lowest BCUT2D eigenvalue weighted by Gasteiger charge is -2.53. The number of rotatable bonds is 9. The first-order valence-electron chi connectivity index (χ1n) is 12.3. The fourth-order valence-electron chi connectivity index (χ4n) is 5.95. The average molecular weight is 449 g/mol. The Bertz CT molecular complexity index is 737. The van der Waals surface area contributed by atoms with E-state index < -0.39 is 0 Å². The van der Waals surface area contributed by atoms with E-state index >= 15 is 0 Å². The van der Waals surface area contributed by atoms with Gasteiger partial charge in [0.05, 0.1) is 25.2 Å². The molecule has 4 rings (SSSR count). The molecule has 1 aromatic heterocycles. The summed E-state index contributed by atoms with van der Waals surface area (Å²) in [4.78, 5) is 18.8. The molecule has 0 unspecified atom stereocenters. The zero-order valence-electron chi connectivity index (χ0n) is 19.8. The molecule has 2 saturated heterocycles. The Hall–Kier alpha value is -1.55. The molecule has 3 fully saturated rings. The second-order valence-corrected chi connectivity index (χ2v) is 9.56. The fraction of sp³-hybridized carbons (Fsp3) is 0.870. The van der Waals surface area contributed by atoms with E-state index in [1.807, 2.05) is 4.57 Å². The lowest BCUT2D eigenvalue weighted by atomic mass is 9.61. The van der Waals surface area contributed by atoms with Crippen molar-refractivity contribution in [1.82, 2.24) is 29.9 Å². The third kappa shape index (κ3) is 5.16. The summed E-state index contributed by atoms with van der Waals surface area (Å²) in [5, 5.41) is 11.6. The normalized spacial score (nSPS) is 29.6. The van der Waals surface area contributed by atoms with Crippen LogP contribution in [0.15, 0.2) is 6.33 Å². The van der Waals surface area contributed by atoms with Crippen LogP contribution in [0.1, 0.15) is 44.9 Å². The maximum atomic E-state index is 13.7. The van der Waals surface area contributed by atoms with E-state index in [4.69, 9.17) is 9.47 Å². The van der Waals surface area contributed by atoms with Crippen molar-refractivity contribution < 1.29 is 14.3 Å². The molecule has 0 radical (unpaired) electrons. The largest absolute Gasteiger partial charge is 0.385 e. The summed E-state index contributed by atoms with van der Waals surface area (Å²) in [6, 6.07) is 0.585. The Kier molecular flexibility index (Phi) is 8.15. The van der Waals surface area contributed by atoms with Crippen LogP contribution in [-0.2, 0) is 27.4 Å². The van der Waals surface area contributed by atoms with Crippen molar-refractivity contribution in [3.05, 3.63) is 12.2 Å². The number of nitrogens with one attached hydrogen (secondary N) is 1. The van der Waals surface area contributed by atoms with Gasteiger partial charge in [-0.3, -0.25) is 9.69 Å². The molecule has 0 bridgehead atoms. The van der Waals surface area contributed by atoms with E-state index in [0.717, 1.165) is 90.4 Å². The molecule has 9 heteroatoms. The molecule has 1 aliphatic carbocycles. The van der Waals surface area contributed by atoms with Crippen molar-refractivity contribution in [3.8, 4) is 0 Å². The van der Waals surface area contributed by atoms with Crippen molar-refractivity contribution in [2.24, 2.45) is 11.3 Å². The van der Waals surface area contributed by atoms with Crippen LogP contribution >= 0.6 is 0 Å². The Balaban J connectivity index is 1.42. The zero-order chi connectivity index (χ0) is 22.4. The number of ether oxygens (including phenoxy) is 2. The van der Waals surface area contributed by atoms with E-state index in [1.165, 1.54) is 0 Å². The lowest BCUT2D eigenvalue weighted by Crippen LogP contribution is -2.60. The van der Waals surface area contributed by atoms with Crippen LogP contribution in [0.2, 0.25) is 0 Å². The monoisotopic (exact) mass is 448 g/mol. The van der Waals surface area contributed by atoms with Gasteiger partial charge < -0.3 is 24.3 Å². The molecule has 32 heavy (non-hydrogen) atoms. The van der Waals surface area contributed by atoms with Gasteiger partial charge in [0.2, 0.25) is 5.91 Å². The molecule has 180 valence electrons. The molecule has 9 nitrogen and oxygen atoms in total. The van der Waals surface area contributed by atoms with Crippen molar-refractivity contribution in [1.29, 1.82) is 0 Å². The molecule has 0 spiro atoms. The number of likely N-dealkylation sites (tertiary alicyclic amines) is 1. The van der Waals surface area contributed by atoms with Gasteiger partial charge in [0.25, 0.3) is 0 Å². The third-order valence-electron chi connectivity index (χ3n) is 7.87. The number of fused-ring (bicyclic) bond motifs is 1. The second kappa shape index (κ2) is 11.0. The van der Waals surface area contributed by atoms with Gasteiger partial charge in [-0.15, -0.1) is 10.2 Å². The Morgan fingerprint density at radius 3 is 2.94 bits per heavy atom. The van der Waals surface area contributed by atoms with Crippen LogP contribution in [-0.4, -0.2) is 96.2 Å². The molecule has 1 N–H and O–H groups in total. The molecule has 3 aliphatic rings. The number of methoxy groups -OCH3 is 1. The second-order valence-electron chi connectivity index (χ2n) is 9.56. The van der Waals surface area contributed by atoms with Gasteiger partial charge in [0, 0.05) is 45.9 Å². The third-order valence-corrected chi connectivity index (χ3v) is 7.87. The summed E-state index contributed by atoms with van der Waals surface area (Å²) in [5.74, 6) is 1.45. The highest BCUT2D eigenvalue weighted by molar-refractivity contribution is 5.83. The van der Waals surface area contributed by atoms with Crippen molar-refractivity contribution in [3.63, 3.8) is 0 Å². The maximum Gasteiger partial charge on any atom is 0.228 e. The molecule has 1 saturated carbocycles. The molecule has 3 atom stereocenters. The molecule has 2 aliphatic heterocycles. The highest BCUT2D eigenvalue weighted by Crippen LogP contribution is 2.47. The van der Waals surface area contributed by atoms with E-state index in [9.17, 15) is 4.79 Å². The number of nitrogens with zero attached hydrogens (tertiary/aromatic N) is 5. The summed E-state index contributed by atoms with van der Waals surface area (Å²) in [6.07, 6.45) is 6.92. The standard InChI is InChI=1S/C23H40N6O3/c1-3-27-9-6-19-15-20(28-10-13-32-14-11-28)5-7-23(19,17-27)22(30)24-16-21-26-25-18-29(21)8-4-12-31-2/h18-20H,3-17H2,1-2H3,(H,24,30)/t19-,20+,23-/m1/s1. The van der Waals surface area contributed by atoms with Crippen molar-refractivity contribution in [2.75, 3.05) is 59.7 Å². The molecule has 1 aromatic rings. The fourth-order valence-corrected chi connectivity index (χ4v) is 5.95. The van der Waals surface area contributed by atoms with Crippen LogP contribution < -0.4 is 5.32 Å². The number of aromatic nitrogens is 3. The van der Waals surface area contributed by atoms with Gasteiger partial charge in [-0.05, 0) is 51.1 Å². The minimum Gasteiger partial charge on any atom is -0.385 e. The van der Waals surface area contributed by atoms with Crippen LogP contribution in [0.3, 0.4) is 0 Å². The van der Waals surface area contributed by atoms with Crippen LogP contribution in [0.25, 0.3) is 0 Å². The quantitative estimate of drug-likeness (QED) is 0.567. The molecular weight excluding hydrogens is 408 g/mol. The van der Waals surface area contributed by atoms with Crippen molar-refractivity contribution >= 4 is 5.91 Å². The number of aryl methyl sites for hydroxylation is 1. The van der Waals surface area contributed by atoms with Gasteiger partial charge in [0.15, 0.2) is 5.82 Å². The van der Waals surface area contributed by atoms with Crippen LogP contribution in [0.4, 0.5) is 0 Å². The molecule has 1 amide bonds. The number of morpholine rings is 1. The predicted molar refractivity (Wildman–Crippen MR) is 121 cm³/mol. The summed E-state index contributed by atoms with van der Waals surface area (Å²) in [5.41, 5.74) is -0.294. The van der Waals surface area contributed by atoms with Gasteiger partial charge in [-0.2, -0.15) is 0 Å². The van der Waals surface area contributed by atoms with Gasteiger partial charge in [-0.25, -0.2) is 0 Å². The van der Waals surface area contributed by atoms with Crippen LogP contribution in [0.5, 0.6) is 0 Å². The Morgan fingerprint density at radius 1 is 1.31 bits per heavy atom. The highest BCUT2D eigenvalue weighted by Gasteiger charge is 2.52. The average Bonchev–Trinajstić information content (AvgIpc) is 3.29. The van der Waals surface area contributed by atoms with E-state index in [0.29, 0.717) is 25.1 Å². The number of piperidine rings is 1. The number of carbonyl (C=O) groups is 1. The smallest absolute Gasteiger partial charge is 0.228 e. The van der Waals surface area contributed by atoms with Gasteiger partial charge in [0.1, 0.15) is 6.33 Å². The minimum atomic E-state index is -0.294. The van der Waals surface area contributed by atoms with E-state index in [1.54, 1.807) is 13.4 Å². The summed E-state index contributed by atoms with van der Waals surface area (Å²) in [6.45, 7) is 10.8. The molecular formula is C23H40N6O3. The summed E-state index contributed by atoms with van der Waals surface area (Å²) in [7, 11) is 1.71. The number of carbonyl (C=O) groups excluding carboxylic acids is 1. The molecule has 0 aromatic carbocycles. The Labute approximate surface area is 191 Å². The van der Waals surface area contributed by atoms with Gasteiger partial charge in [-0.1, -0.05) is 6.92 Å². The summed E-state index contributed by atoms with van der Waals surface area (Å²) >= 11 is 0. The zero-order valence-corrected chi connectivity index (χ0v) is 19.8. The first-order valence-corrected chi connectivity index (χ1v) is 12.3.